The first-order chi connectivity index (χ1) is 13.6. The minimum absolute atomic E-state index is 0.136. The number of carbonyl (C=O) groups excluding carboxylic acids is 1. The fraction of sp³-hybridized carbons (Fsp3) is 0.333. The quantitative estimate of drug-likeness (QED) is 0.404. The molecule has 0 bridgehead atoms. The highest BCUT2D eigenvalue weighted by Crippen LogP contribution is 2.25. The van der Waals surface area contributed by atoms with Gasteiger partial charge in [-0.15, -0.1) is 0 Å². The van der Waals surface area contributed by atoms with Crippen LogP contribution in [0.3, 0.4) is 0 Å². The smallest absolute Gasteiger partial charge is 0.277 e. The summed E-state index contributed by atoms with van der Waals surface area (Å²) in [5.41, 5.74) is 3.21. The van der Waals surface area contributed by atoms with Crippen molar-refractivity contribution in [1.82, 2.24) is 5.43 Å². The maximum absolute atomic E-state index is 11.9. The molecule has 7 heteroatoms. The molecule has 0 aliphatic heterocycles. The van der Waals surface area contributed by atoms with E-state index in [4.69, 9.17) is 14.2 Å². The van der Waals surface area contributed by atoms with Crippen LogP contribution in [0.2, 0.25) is 0 Å². The topological polar surface area (TPSA) is 69.2 Å². The number of hydrogen-bond acceptors (Lipinski definition) is 5. The van der Waals surface area contributed by atoms with E-state index in [2.05, 4.69) is 33.4 Å². The summed E-state index contributed by atoms with van der Waals surface area (Å²) in [6.07, 6.45) is 3.37. The standard InChI is InChI=1S/C21H25BrN2O4/c1-3-11-26-17-10-9-16(20(13-17)27-12-4-2)14-23-24-21(25)15-28-19-8-6-5-7-18(19)22/h5-10,13-14H,3-4,11-12,15H2,1-2H3,(H,24,25). The SMILES string of the molecule is CCCOc1ccc(C=NNC(=O)COc2ccccc2Br)c(OCCC)c1. The first-order valence-electron chi connectivity index (χ1n) is 9.23. The van der Waals surface area contributed by atoms with Crippen LogP contribution in [0, 0.1) is 0 Å². The third kappa shape index (κ3) is 7.23. The van der Waals surface area contributed by atoms with E-state index in [0.717, 1.165) is 28.6 Å². The Balaban J connectivity index is 1.94. The van der Waals surface area contributed by atoms with Crippen LogP contribution >= 0.6 is 15.9 Å². The maximum atomic E-state index is 11.9. The number of benzene rings is 2. The predicted molar refractivity (Wildman–Crippen MR) is 113 cm³/mol. The Morgan fingerprint density at radius 2 is 1.79 bits per heavy atom. The molecule has 0 atom stereocenters. The first kappa shape index (κ1) is 21.8. The summed E-state index contributed by atoms with van der Waals surface area (Å²) < 4.78 is 17.7. The Kier molecular flexibility index (Phi) is 9.34. The first-order valence-corrected chi connectivity index (χ1v) is 10.0. The molecule has 0 spiro atoms. The van der Waals surface area contributed by atoms with E-state index in [1.807, 2.05) is 43.3 Å². The van der Waals surface area contributed by atoms with Crippen LogP contribution in [0.25, 0.3) is 0 Å². The molecule has 0 radical (unpaired) electrons. The number of hydrogen-bond donors (Lipinski definition) is 1. The second-order valence-corrected chi connectivity index (χ2v) is 6.76. The Morgan fingerprint density at radius 3 is 2.54 bits per heavy atom. The van der Waals surface area contributed by atoms with Crippen molar-refractivity contribution < 1.29 is 19.0 Å². The summed E-state index contributed by atoms with van der Waals surface area (Å²) in [6.45, 7) is 5.19. The molecule has 0 saturated carbocycles. The van der Waals surface area contributed by atoms with Crippen LogP contribution in [-0.2, 0) is 4.79 Å². The van der Waals surface area contributed by atoms with Crippen molar-refractivity contribution in [3.63, 3.8) is 0 Å². The molecule has 0 aromatic heterocycles. The number of hydrazone groups is 1. The highest BCUT2D eigenvalue weighted by Gasteiger charge is 2.06. The molecule has 28 heavy (non-hydrogen) atoms. The normalized spacial score (nSPS) is 10.7. The minimum atomic E-state index is -0.356. The predicted octanol–water partition coefficient (Wildman–Crippen LogP) is 4.56. The van der Waals surface area contributed by atoms with Gasteiger partial charge in [-0.05, 0) is 53.0 Å². The van der Waals surface area contributed by atoms with Crippen LogP contribution in [-0.4, -0.2) is 31.9 Å². The Labute approximate surface area is 174 Å². The molecule has 0 heterocycles. The number of ether oxygens (including phenoxy) is 3. The molecule has 150 valence electrons. The van der Waals surface area contributed by atoms with Crippen LogP contribution in [0.5, 0.6) is 17.2 Å². The van der Waals surface area contributed by atoms with Gasteiger partial charge in [-0.3, -0.25) is 4.79 Å². The number of nitrogens with one attached hydrogen (secondary N) is 1. The van der Waals surface area contributed by atoms with Crippen molar-refractivity contribution in [1.29, 1.82) is 0 Å². The molecule has 0 unspecified atom stereocenters. The van der Waals surface area contributed by atoms with Crippen molar-refractivity contribution in [2.45, 2.75) is 26.7 Å². The van der Waals surface area contributed by atoms with Gasteiger partial charge in [0.2, 0.25) is 0 Å². The molecule has 1 N–H and O–H groups in total. The van der Waals surface area contributed by atoms with Crippen molar-refractivity contribution >= 4 is 28.1 Å². The fourth-order valence-corrected chi connectivity index (χ4v) is 2.58. The zero-order valence-electron chi connectivity index (χ0n) is 16.1. The third-order valence-corrected chi connectivity index (χ3v) is 4.16. The van der Waals surface area contributed by atoms with Crippen molar-refractivity contribution in [3.8, 4) is 17.2 Å². The highest BCUT2D eigenvalue weighted by atomic mass is 79.9. The summed E-state index contributed by atoms with van der Waals surface area (Å²) in [5.74, 6) is 1.65. The van der Waals surface area contributed by atoms with Gasteiger partial charge in [0.15, 0.2) is 6.61 Å². The van der Waals surface area contributed by atoms with Crippen molar-refractivity contribution in [2.75, 3.05) is 19.8 Å². The van der Waals surface area contributed by atoms with Gasteiger partial charge in [0.25, 0.3) is 5.91 Å². The average molecular weight is 449 g/mol. The van der Waals surface area contributed by atoms with Gasteiger partial charge in [-0.1, -0.05) is 26.0 Å². The zero-order chi connectivity index (χ0) is 20.2. The van der Waals surface area contributed by atoms with E-state index in [9.17, 15) is 4.79 Å². The van der Waals surface area contributed by atoms with E-state index in [1.54, 1.807) is 12.3 Å². The molecule has 2 aromatic carbocycles. The second kappa shape index (κ2) is 12.0. The van der Waals surface area contributed by atoms with E-state index < -0.39 is 0 Å². The molecule has 6 nitrogen and oxygen atoms in total. The zero-order valence-corrected chi connectivity index (χ0v) is 17.7. The number of carbonyl (C=O) groups is 1. The average Bonchev–Trinajstić information content (AvgIpc) is 2.71. The number of para-hydroxylation sites is 1. The van der Waals surface area contributed by atoms with Gasteiger partial charge in [0.05, 0.1) is 23.9 Å². The lowest BCUT2D eigenvalue weighted by Crippen LogP contribution is -2.24. The molecule has 0 saturated heterocycles. The van der Waals surface area contributed by atoms with E-state index in [-0.39, 0.29) is 12.5 Å². The largest absolute Gasteiger partial charge is 0.493 e. The molecular formula is C21H25BrN2O4. The van der Waals surface area contributed by atoms with Crippen LogP contribution in [0.1, 0.15) is 32.3 Å². The third-order valence-electron chi connectivity index (χ3n) is 3.51. The summed E-state index contributed by atoms with van der Waals surface area (Å²) in [4.78, 5) is 11.9. The van der Waals surface area contributed by atoms with Crippen molar-refractivity contribution in [3.05, 3.63) is 52.5 Å². The number of halogens is 1. The van der Waals surface area contributed by atoms with Crippen LogP contribution in [0.4, 0.5) is 0 Å². The number of rotatable bonds is 11. The van der Waals surface area contributed by atoms with Crippen LogP contribution < -0.4 is 19.6 Å². The summed E-state index contributed by atoms with van der Waals surface area (Å²) in [6, 6.07) is 12.9. The molecule has 2 aromatic rings. The van der Waals surface area contributed by atoms with Gasteiger partial charge in [-0.2, -0.15) is 5.10 Å². The Hall–Kier alpha value is -2.54. The van der Waals surface area contributed by atoms with Crippen molar-refractivity contribution in [2.24, 2.45) is 5.10 Å². The lowest BCUT2D eigenvalue weighted by Gasteiger charge is -2.11. The Morgan fingerprint density at radius 1 is 1.04 bits per heavy atom. The molecule has 1 amide bonds. The maximum Gasteiger partial charge on any atom is 0.277 e. The number of nitrogens with zero attached hydrogens (tertiary/aromatic N) is 1. The van der Waals surface area contributed by atoms with Crippen LogP contribution in [0.15, 0.2) is 52.0 Å². The second-order valence-electron chi connectivity index (χ2n) is 5.91. The van der Waals surface area contributed by atoms with Gasteiger partial charge in [0.1, 0.15) is 17.2 Å². The molecule has 0 aliphatic rings. The summed E-state index contributed by atoms with van der Waals surface area (Å²) >= 11 is 3.37. The monoisotopic (exact) mass is 448 g/mol. The van der Waals surface area contributed by atoms with Gasteiger partial charge < -0.3 is 14.2 Å². The van der Waals surface area contributed by atoms with Gasteiger partial charge in [0, 0.05) is 11.6 Å². The minimum Gasteiger partial charge on any atom is -0.493 e. The lowest BCUT2D eigenvalue weighted by atomic mass is 10.2. The number of amides is 1. The van der Waals surface area contributed by atoms with Gasteiger partial charge >= 0.3 is 0 Å². The molecular weight excluding hydrogens is 424 g/mol. The summed E-state index contributed by atoms with van der Waals surface area (Å²) in [7, 11) is 0. The lowest BCUT2D eigenvalue weighted by molar-refractivity contribution is -0.123. The van der Waals surface area contributed by atoms with Gasteiger partial charge in [-0.25, -0.2) is 5.43 Å². The van der Waals surface area contributed by atoms with E-state index in [1.165, 1.54) is 0 Å². The van der Waals surface area contributed by atoms with E-state index in [0.29, 0.717) is 24.7 Å². The molecule has 0 aliphatic carbocycles. The fourth-order valence-electron chi connectivity index (χ4n) is 2.18. The Bertz CT molecular complexity index is 796. The summed E-state index contributed by atoms with van der Waals surface area (Å²) in [5, 5.41) is 4.00. The highest BCUT2D eigenvalue weighted by molar-refractivity contribution is 9.10. The van der Waals surface area contributed by atoms with E-state index >= 15 is 0 Å². The molecule has 0 fully saturated rings. The molecule has 2 rings (SSSR count).